The van der Waals surface area contributed by atoms with Crippen LogP contribution in [0.4, 0.5) is 17.2 Å². The van der Waals surface area contributed by atoms with Gasteiger partial charge in [0.2, 0.25) is 9.84 Å². The average molecular weight is 536 g/mol. The van der Waals surface area contributed by atoms with Gasteiger partial charge in [-0.1, -0.05) is 12.1 Å². The number of aromatic nitrogens is 1. The first kappa shape index (κ1) is 25.9. The number of amides is 1. The van der Waals surface area contributed by atoms with Gasteiger partial charge in [-0.25, -0.2) is 13.4 Å². The van der Waals surface area contributed by atoms with E-state index in [0.717, 1.165) is 12.8 Å². The number of Topliss-reactive ketones (excluding diaryl/α,β-unsaturated/α-hetero) is 1. The first-order chi connectivity index (χ1) is 18.3. The van der Waals surface area contributed by atoms with Gasteiger partial charge in [0.1, 0.15) is 16.5 Å². The molecule has 9 nitrogen and oxygen atoms in total. The van der Waals surface area contributed by atoms with Gasteiger partial charge in [0.25, 0.3) is 5.91 Å². The molecule has 3 heterocycles. The lowest BCUT2D eigenvalue weighted by molar-refractivity contribution is 0.0893. The summed E-state index contributed by atoms with van der Waals surface area (Å²) in [6, 6.07) is 12.8. The summed E-state index contributed by atoms with van der Waals surface area (Å²) in [7, 11) is -2.48. The normalized spacial score (nSPS) is 18.5. The number of pyridine rings is 1. The Labute approximate surface area is 221 Å². The van der Waals surface area contributed by atoms with Crippen molar-refractivity contribution in [3.8, 4) is 5.75 Å². The van der Waals surface area contributed by atoms with Crippen LogP contribution in [0.1, 0.15) is 46.9 Å². The number of nitrogens with one attached hydrogen (secondary N) is 1. The lowest BCUT2D eigenvalue weighted by Crippen LogP contribution is -2.26. The minimum Gasteiger partial charge on any atom is -0.492 e. The van der Waals surface area contributed by atoms with Crippen molar-refractivity contribution in [1.82, 2.24) is 4.98 Å². The predicted molar refractivity (Wildman–Crippen MR) is 142 cm³/mol. The van der Waals surface area contributed by atoms with Gasteiger partial charge in [-0.2, -0.15) is 0 Å². The number of sulfone groups is 1. The maximum atomic E-state index is 13.6. The van der Waals surface area contributed by atoms with Crippen LogP contribution in [0.3, 0.4) is 0 Å². The molecule has 1 aromatic heterocycles. The Balaban J connectivity index is 1.49. The highest BCUT2D eigenvalue weighted by molar-refractivity contribution is 7.91. The van der Waals surface area contributed by atoms with Crippen molar-refractivity contribution in [3.05, 3.63) is 65.9 Å². The average Bonchev–Trinajstić information content (AvgIpc) is 3.24. The molecule has 2 aliphatic rings. The largest absolute Gasteiger partial charge is 0.492 e. The fourth-order valence-corrected chi connectivity index (χ4v) is 6.52. The lowest BCUT2D eigenvalue weighted by Gasteiger charge is -2.18. The van der Waals surface area contributed by atoms with E-state index in [1.54, 1.807) is 30.3 Å². The van der Waals surface area contributed by atoms with Crippen LogP contribution in [0.25, 0.3) is 0 Å². The van der Waals surface area contributed by atoms with Gasteiger partial charge in [-0.3, -0.25) is 9.59 Å². The Kier molecular flexibility index (Phi) is 7.18. The molecular formula is C28H29N3O6S. The highest BCUT2D eigenvalue weighted by Gasteiger charge is 2.34. The zero-order valence-corrected chi connectivity index (χ0v) is 22.1. The van der Waals surface area contributed by atoms with Gasteiger partial charge in [0.05, 0.1) is 34.6 Å². The number of hydrogen-bond acceptors (Lipinski definition) is 8. The van der Waals surface area contributed by atoms with E-state index < -0.39 is 15.7 Å². The van der Waals surface area contributed by atoms with E-state index >= 15 is 0 Å². The number of carbonyl (C=O) groups excluding carboxylic acids is 2. The Morgan fingerprint density at radius 3 is 2.76 bits per heavy atom. The third-order valence-corrected chi connectivity index (χ3v) is 8.70. The zero-order valence-electron chi connectivity index (χ0n) is 21.3. The van der Waals surface area contributed by atoms with Crippen molar-refractivity contribution in [1.29, 1.82) is 0 Å². The first-order valence-corrected chi connectivity index (χ1v) is 14.1. The summed E-state index contributed by atoms with van der Waals surface area (Å²) in [6.45, 7) is 3.47. The van der Waals surface area contributed by atoms with E-state index in [-0.39, 0.29) is 38.6 Å². The predicted octanol–water partition coefficient (Wildman–Crippen LogP) is 4.65. The zero-order chi connectivity index (χ0) is 26.9. The number of anilines is 3. The fourth-order valence-electron chi connectivity index (χ4n) is 4.84. The SMILES string of the molecule is CCOc1cc(C(=O)C2CCCOCC2)ccc1Nc1cc2c(cn1)N(C)C(=O)c1ccccc1S2(=O)=O. The number of ether oxygens (including phenoxy) is 2. The Bertz CT molecular complexity index is 1500. The maximum absolute atomic E-state index is 13.6. The smallest absolute Gasteiger partial charge is 0.259 e. The summed E-state index contributed by atoms with van der Waals surface area (Å²) in [6.07, 6.45) is 3.70. The summed E-state index contributed by atoms with van der Waals surface area (Å²) in [5, 5.41) is 3.14. The number of rotatable bonds is 6. The second-order valence-corrected chi connectivity index (χ2v) is 11.2. The van der Waals surface area contributed by atoms with Crippen LogP contribution in [0.2, 0.25) is 0 Å². The van der Waals surface area contributed by atoms with Crippen LogP contribution in [-0.4, -0.2) is 52.0 Å². The molecule has 1 fully saturated rings. The van der Waals surface area contributed by atoms with E-state index in [1.165, 1.54) is 36.3 Å². The minimum atomic E-state index is -4.00. The number of nitrogens with zero attached hydrogens (tertiary/aromatic N) is 2. The monoisotopic (exact) mass is 535 g/mol. The number of fused-ring (bicyclic) bond motifs is 2. The van der Waals surface area contributed by atoms with Gasteiger partial charge < -0.3 is 19.7 Å². The van der Waals surface area contributed by atoms with Crippen LogP contribution in [-0.2, 0) is 14.6 Å². The van der Waals surface area contributed by atoms with Crippen LogP contribution in [0.5, 0.6) is 5.75 Å². The van der Waals surface area contributed by atoms with E-state index in [1.807, 2.05) is 6.92 Å². The Morgan fingerprint density at radius 1 is 1.13 bits per heavy atom. The van der Waals surface area contributed by atoms with Crippen LogP contribution < -0.4 is 15.0 Å². The summed E-state index contributed by atoms with van der Waals surface area (Å²) >= 11 is 0. The highest BCUT2D eigenvalue weighted by atomic mass is 32.2. The van der Waals surface area contributed by atoms with E-state index in [9.17, 15) is 18.0 Å². The summed E-state index contributed by atoms with van der Waals surface area (Å²) in [5.41, 5.74) is 1.39. The van der Waals surface area contributed by atoms with E-state index in [2.05, 4.69) is 10.3 Å². The maximum Gasteiger partial charge on any atom is 0.259 e. The molecule has 2 aromatic carbocycles. The fraction of sp³-hybridized carbons (Fsp3) is 0.321. The molecule has 3 aromatic rings. The second-order valence-electron chi connectivity index (χ2n) is 9.27. The molecule has 1 unspecified atom stereocenters. The molecule has 38 heavy (non-hydrogen) atoms. The number of hydrogen-bond donors (Lipinski definition) is 1. The quantitative estimate of drug-likeness (QED) is 0.454. The van der Waals surface area contributed by atoms with Crippen LogP contribution >= 0.6 is 0 Å². The molecule has 0 bridgehead atoms. The molecule has 1 atom stereocenters. The molecule has 1 amide bonds. The molecule has 0 spiro atoms. The molecule has 198 valence electrons. The van der Waals surface area contributed by atoms with Crippen molar-refractivity contribution < 1.29 is 27.5 Å². The van der Waals surface area contributed by atoms with Gasteiger partial charge in [0.15, 0.2) is 5.78 Å². The van der Waals surface area contributed by atoms with E-state index in [4.69, 9.17) is 9.47 Å². The number of benzene rings is 2. The summed E-state index contributed by atoms with van der Waals surface area (Å²) < 4.78 is 38.5. The molecule has 1 saturated heterocycles. The van der Waals surface area contributed by atoms with Gasteiger partial charge in [-0.05, 0) is 56.5 Å². The van der Waals surface area contributed by atoms with Gasteiger partial charge in [-0.15, -0.1) is 0 Å². The topological polar surface area (TPSA) is 115 Å². The van der Waals surface area contributed by atoms with Crippen LogP contribution in [0, 0.1) is 5.92 Å². The first-order valence-electron chi connectivity index (χ1n) is 12.6. The highest BCUT2D eigenvalue weighted by Crippen LogP contribution is 2.38. The van der Waals surface area contributed by atoms with E-state index in [0.29, 0.717) is 43.2 Å². The Hall–Kier alpha value is -3.76. The van der Waals surface area contributed by atoms with Crippen LogP contribution in [0.15, 0.2) is 64.5 Å². The molecule has 5 rings (SSSR count). The van der Waals surface area contributed by atoms with Crippen molar-refractivity contribution >= 4 is 38.7 Å². The molecule has 0 saturated carbocycles. The molecule has 0 radical (unpaired) electrons. The minimum absolute atomic E-state index is 0.0314. The number of carbonyl (C=O) groups is 2. The van der Waals surface area contributed by atoms with Gasteiger partial charge in [0, 0.05) is 37.8 Å². The molecule has 0 aliphatic carbocycles. The molecule has 10 heteroatoms. The third-order valence-electron chi connectivity index (χ3n) is 6.86. The summed E-state index contributed by atoms with van der Waals surface area (Å²) in [4.78, 5) is 31.7. The third kappa shape index (κ3) is 4.77. The molecular weight excluding hydrogens is 506 g/mol. The standard InChI is InChI=1S/C28H29N3O6S/c1-3-37-23-15-19(27(32)18-7-6-13-36-14-12-18)10-11-21(23)30-26-16-25-22(17-29-26)31(2)28(33)20-8-4-5-9-24(20)38(25,34)35/h4-5,8-11,15-18H,3,6-7,12-14H2,1-2H3,(H,29,30). The van der Waals surface area contributed by atoms with Crippen molar-refractivity contribution in [2.75, 3.05) is 37.1 Å². The second kappa shape index (κ2) is 10.5. The van der Waals surface area contributed by atoms with Crippen molar-refractivity contribution in [3.63, 3.8) is 0 Å². The molecule has 2 aliphatic heterocycles. The lowest BCUT2D eigenvalue weighted by atomic mass is 9.91. The van der Waals surface area contributed by atoms with Crippen molar-refractivity contribution in [2.24, 2.45) is 5.92 Å². The molecule has 1 N–H and O–H groups in total. The number of ketones is 1. The Morgan fingerprint density at radius 2 is 1.95 bits per heavy atom. The summed E-state index contributed by atoms with van der Waals surface area (Å²) in [5.74, 6) is 0.256. The van der Waals surface area contributed by atoms with Gasteiger partial charge >= 0.3 is 0 Å². The van der Waals surface area contributed by atoms with Crippen molar-refractivity contribution in [2.45, 2.75) is 36.0 Å².